The van der Waals surface area contributed by atoms with Crippen molar-refractivity contribution in [2.75, 3.05) is 14.2 Å². The third kappa shape index (κ3) is 2.90. The summed E-state index contributed by atoms with van der Waals surface area (Å²) >= 11 is 0. The van der Waals surface area contributed by atoms with E-state index in [1.807, 2.05) is 37.3 Å². The fourth-order valence-corrected chi connectivity index (χ4v) is 2.65. The molecule has 0 spiro atoms. The maximum atomic E-state index is 12.8. The Balaban J connectivity index is 2.03. The van der Waals surface area contributed by atoms with Crippen LogP contribution in [-0.4, -0.2) is 29.0 Å². The second kappa shape index (κ2) is 6.62. The van der Waals surface area contributed by atoms with Crippen molar-refractivity contribution in [2.45, 2.75) is 13.3 Å². The van der Waals surface area contributed by atoms with Gasteiger partial charge in [-0.3, -0.25) is 9.89 Å². The highest BCUT2D eigenvalue weighted by atomic mass is 16.5. The Labute approximate surface area is 139 Å². The van der Waals surface area contributed by atoms with Crippen LogP contribution in [0.3, 0.4) is 0 Å². The highest BCUT2D eigenvalue weighted by Crippen LogP contribution is 2.26. The molecule has 0 unspecified atom stereocenters. The standard InChI is InChI=1S/C18H19N3O3/c1-12-15(11-13-10-14(23-2)7-8-16(13)24-3)18(22)21(20-12)17-6-4-5-9-19-17/h4-10,20H,11H2,1-3H3. The van der Waals surface area contributed by atoms with Crippen molar-refractivity contribution >= 4 is 0 Å². The molecule has 6 heteroatoms. The second-order valence-corrected chi connectivity index (χ2v) is 5.40. The van der Waals surface area contributed by atoms with Gasteiger partial charge in [-0.2, -0.15) is 0 Å². The molecule has 124 valence electrons. The fraction of sp³-hybridized carbons (Fsp3) is 0.222. The number of aromatic amines is 1. The summed E-state index contributed by atoms with van der Waals surface area (Å²) in [6.45, 7) is 1.88. The molecule has 0 bridgehead atoms. The number of nitrogens with one attached hydrogen (secondary N) is 1. The molecular weight excluding hydrogens is 306 g/mol. The van der Waals surface area contributed by atoms with Crippen LogP contribution >= 0.6 is 0 Å². The minimum atomic E-state index is -0.115. The molecule has 0 amide bonds. The number of aromatic nitrogens is 3. The lowest BCUT2D eigenvalue weighted by atomic mass is 10.0. The number of nitrogens with zero attached hydrogens (tertiary/aromatic N) is 2. The van der Waals surface area contributed by atoms with Crippen LogP contribution in [0.1, 0.15) is 16.8 Å². The maximum Gasteiger partial charge on any atom is 0.276 e. The van der Waals surface area contributed by atoms with Gasteiger partial charge in [0.15, 0.2) is 5.82 Å². The number of rotatable bonds is 5. The number of H-pyrrole nitrogens is 1. The van der Waals surface area contributed by atoms with Crippen LogP contribution in [0.5, 0.6) is 11.5 Å². The van der Waals surface area contributed by atoms with Crippen molar-refractivity contribution in [3.63, 3.8) is 0 Å². The first-order valence-corrected chi connectivity index (χ1v) is 7.57. The minimum Gasteiger partial charge on any atom is -0.497 e. The Morgan fingerprint density at radius 1 is 1.17 bits per heavy atom. The largest absolute Gasteiger partial charge is 0.497 e. The van der Waals surface area contributed by atoms with E-state index in [0.29, 0.717) is 17.8 Å². The van der Waals surface area contributed by atoms with Gasteiger partial charge in [-0.15, -0.1) is 0 Å². The minimum absolute atomic E-state index is 0.115. The van der Waals surface area contributed by atoms with Gasteiger partial charge in [-0.25, -0.2) is 9.67 Å². The summed E-state index contributed by atoms with van der Waals surface area (Å²) in [6.07, 6.45) is 2.10. The second-order valence-electron chi connectivity index (χ2n) is 5.40. The predicted molar refractivity (Wildman–Crippen MR) is 91.3 cm³/mol. The van der Waals surface area contributed by atoms with Crippen molar-refractivity contribution in [1.29, 1.82) is 0 Å². The van der Waals surface area contributed by atoms with Crippen LogP contribution in [0.15, 0.2) is 47.4 Å². The first-order chi connectivity index (χ1) is 11.6. The molecule has 2 heterocycles. The van der Waals surface area contributed by atoms with Gasteiger partial charge in [0.05, 0.1) is 14.2 Å². The van der Waals surface area contributed by atoms with E-state index in [1.54, 1.807) is 26.5 Å². The summed E-state index contributed by atoms with van der Waals surface area (Å²) in [5.41, 5.74) is 2.25. The molecule has 0 aliphatic rings. The van der Waals surface area contributed by atoms with Gasteiger partial charge in [0, 0.05) is 29.4 Å². The van der Waals surface area contributed by atoms with Gasteiger partial charge < -0.3 is 9.47 Å². The van der Waals surface area contributed by atoms with Crippen molar-refractivity contribution in [3.8, 4) is 17.3 Å². The quantitative estimate of drug-likeness (QED) is 0.782. The summed E-state index contributed by atoms with van der Waals surface area (Å²) in [4.78, 5) is 17.0. The topological polar surface area (TPSA) is 69.1 Å². The van der Waals surface area contributed by atoms with E-state index in [1.165, 1.54) is 4.68 Å². The fourth-order valence-electron chi connectivity index (χ4n) is 2.65. The number of aryl methyl sites for hydroxylation is 1. The molecule has 3 rings (SSSR count). The van der Waals surface area contributed by atoms with E-state index in [4.69, 9.17) is 9.47 Å². The Morgan fingerprint density at radius 2 is 2.00 bits per heavy atom. The lowest BCUT2D eigenvalue weighted by Crippen LogP contribution is -2.18. The molecule has 1 N–H and O–H groups in total. The van der Waals surface area contributed by atoms with Crippen LogP contribution in [-0.2, 0) is 6.42 Å². The van der Waals surface area contributed by atoms with Crippen LogP contribution in [0.4, 0.5) is 0 Å². The summed E-state index contributed by atoms with van der Waals surface area (Å²) in [7, 11) is 3.22. The normalized spacial score (nSPS) is 10.6. The maximum absolute atomic E-state index is 12.8. The van der Waals surface area contributed by atoms with Gasteiger partial charge in [0.2, 0.25) is 0 Å². The van der Waals surface area contributed by atoms with Gasteiger partial charge >= 0.3 is 0 Å². The summed E-state index contributed by atoms with van der Waals surface area (Å²) in [5, 5.41) is 3.09. The molecule has 6 nitrogen and oxygen atoms in total. The predicted octanol–water partition coefficient (Wildman–Crippen LogP) is 2.48. The highest BCUT2D eigenvalue weighted by Gasteiger charge is 2.16. The average Bonchev–Trinajstić information content (AvgIpc) is 2.90. The zero-order valence-electron chi connectivity index (χ0n) is 13.9. The van der Waals surface area contributed by atoms with Crippen molar-refractivity contribution in [2.24, 2.45) is 0 Å². The average molecular weight is 325 g/mol. The Hall–Kier alpha value is -3.02. The highest BCUT2D eigenvalue weighted by molar-refractivity contribution is 5.43. The third-order valence-corrected chi connectivity index (χ3v) is 3.93. The van der Waals surface area contributed by atoms with Gasteiger partial charge in [0.1, 0.15) is 11.5 Å². The third-order valence-electron chi connectivity index (χ3n) is 3.93. The van der Waals surface area contributed by atoms with Crippen molar-refractivity contribution < 1.29 is 9.47 Å². The van der Waals surface area contributed by atoms with Crippen LogP contribution in [0.2, 0.25) is 0 Å². The van der Waals surface area contributed by atoms with E-state index < -0.39 is 0 Å². The lowest BCUT2D eigenvalue weighted by Gasteiger charge is -2.09. The summed E-state index contributed by atoms with van der Waals surface area (Å²) < 4.78 is 12.1. The van der Waals surface area contributed by atoms with E-state index in [0.717, 1.165) is 22.8 Å². The molecule has 0 aliphatic heterocycles. The van der Waals surface area contributed by atoms with Crippen LogP contribution < -0.4 is 15.0 Å². The number of hydrogen-bond acceptors (Lipinski definition) is 4. The molecule has 24 heavy (non-hydrogen) atoms. The number of methoxy groups -OCH3 is 2. The number of benzene rings is 1. The monoisotopic (exact) mass is 325 g/mol. The zero-order valence-corrected chi connectivity index (χ0v) is 13.9. The molecule has 1 aromatic carbocycles. The van der Waals surface area contributed by atoms with E-state index in [9.17, 15) is 4.79 Å². The summed E-state index contributed by atoms with van der Waals surface area (Å²) in [5.74, 6) is 2.01. The zero-order chi connectivity index (χ0) is 17.1. The molecule has 0 saturated carbocycles. The Bertz CT molecular complexity index is 898. The lowest BCUT2D eigenvalue weighted by molar-refractivity contribution is 0.399. The Morgan fingerprint density at radius 3 is 2.67 bits per heavy atom. The first kappa shape index (κ1) is 15.9. The first-order valence-electron chi connectivity index (χ1n) is 7.57. The van der Waals surface area contributed by atoms with Crippen molar-refractivity contribution in [3.05, 3.63) is 69.8 Å². The molecular formula is C18H19N3O3. The number of hydrogen-bond donors (Lipinski definition) is 1. The van der Waals surface area contributed by atoms with E-state index >= 15 is 0 Å². The van der Waals surface area contributed by atoms with Gasteiger partial charge in [-0.05, 0) is 37.3 Å². The number of ether oxygens (including phenoxy) is 2. The SMILES string of the molecule is COc1ccc(OC)c(Cc2c(C)[nH]n(-c3ccccn3)c2=O)c1. The molecule has 3 aromatic rings. The molecule has 0 aliphatic carbocycles. The van der Waals surface area contributed by atoms with E-state index in [-0.39, 0.29) is 5.56 Å². The van der Waals surface area contributed by atoms with Crippen molar-refractivity contribution in [1.82, 2.24) is 14.8 Å². The van der Waals surface area contributed by atoms with Gasteiger partial charge in [-0.1, -0.05) is 6.07 Å². The van der Waals surface area contributed by atoms with Gasteiger partial charge in [0.25, 0.3) is 5.56 Å². The molecule has 0 saturated heterocycles. The molecule has 2 aromatic heterocycles. The van der Waals surface area contributed by atoms with E-state index in [2.05, 4.69) is 10.1 Å². The molecule has 0 radical (unpaired) electrons. The van der Waals surface area contributed by atoms with Crippen LogP contribution in [0, 0.1) is 6.92 Å². The molecule has 0 fully saturated rings. The smallest absolute Gasteiger partial charge is 0.276 e. The van der Waals surface area contributed by atoms with Crippen LogP contribution in [0.25, 0.3) is 5.82 Å². The Kier molecular flexibility index (Phi) is 4.37. The number of pyridine rings is 1. The summed E-state index contributed by atoms with van der Waals surface area (Å²) in [6, 6.07) is 11.0. The molecule has 0 atom stereocenters.